The number of aliphatic imine (C=N–C) groups is 1. The first-order valence-electron chi connectivity index (χ1n) is 7.46. The quantitative estimate of drug-likeness (QED) is 0.787. The van der Waals surface area contributed by atoms with Gasteiger partial charge in [-0.1, -0.05) is 48.5 Å². The molecule has 0 N–H and O–H groups in total. The van der Waals surface area contributed by atoms with E-state index in [0.717, 1.165) is 4.31 Å². The van der Waals surface area contributed by atoms with Gasteiger partial charge in [-0.3, -0.25) is 4.79 Å². The SMILES string of the molecule is CN(C)C1=NS(=O)(=O)N(c2ccccc2)C(C(=O)c2ccccc2)=N1. The van der Waals surface area contributed by atoms with Gasteiger partial charge in [0.05, 0.1) is 5.69 Å². The molecule has 1 heterocycles. The normalized spacial score (nSPS) is 16.0. The van der Waals surface area contributed by atoms with E-state index >= 15 is 0 Å². The molecule has 0 unspecified atom stereocenters. The topological polar surface area (TPSA) is 82.4 Å². The van der Waals surface area contributed by atoms with Crippen LogP contribution in [-0.2, 0) is 10.2 Å². The van der Waals surface area contributed by atoms with Crippen molar-refractivity contribution in [1.82, 2.24) is 4.90 Å². The van der Waals surface area contributed by atoms with Gasteiger partial charge in [0.1, 0.15) is 0 Å². The van der Waals surface area contributed by atoms with E-state index in [1.807, 2.05) is 0 Å². The van der Waals surface area contributed by atoms with E-state index in [2.05, 4.69) is 9.39 Å². The molecule has 1 aliphatic heterocycles. The summed E-state index contributed by atoms with van der Waals surface area (Å²) in [4.78, 5) is 18.6. The standard InChI is InChI=1S/C17H16N4O3S/c1-20(2)17-18-16(15(22)13-9-5-3-6-10-13)21(25(23,24)19-17)14-11-7-4-8-12-14/h3-12H,1-2H3. The number of Topliss-reactive ketones (excluding diaryl/α,β-unsaturated/α-hetero) is 1. The molecule has 0 aliphatic carbocycles. The van der Waals surface area contributed by atoms with Crippen molar-refractivity contribution in [3.63, 3.8) is 0 Å². The Labute approximate surface area is 146 Å². The van der Waals surface area contributed by atoms with Crippen molar-refractivity contribution in [2.75, 3.05) is 18.4 Å². The van der Waals surface area contributed by atoms with Gasteiger partial charge in [0.2, 0.25) is 17.6 Å². The van der Waals surface area contributed by atoms with Crippen LogP contribution in [0.5, 0.6) is 0 Å². The number of para-hydroxylation sites is 1. The van der Waals surface area contributed by atoms with Crippen molar-refractivity contribution >= 4 is 33.5 Å². The first-order chi connectivity index (χ1) is 11.9. The minimum absolute atomic E-state index is 0.0496. The molecule has 3 rings (SSSR count). The lowest BCUT2D eigenvalue weighted by Gasteiger charge is -2.27. The van der Waals surface area contributed by atoms with Crippen LogP contribution in [0.25, 0.3) is 0 Å². The second kappa shape index (κ2) is 6.48. The molecule has 0 atom stereocenters. The smallest absolute Gasteiger partial charge is 0.346 e. The van der Waals surface area contributed by atoms with Crippen LogP contribution < -0.4 is 4.31 Å². The van der Waals surface area contributed by atoms with E-state index in [-0.39, 0.29) is 11.8 Å². The molecule has 0 fully saturated rings. The summed E-state index contributed by atoms with van der Waals surface area (Å²) in [6, 6.07) is 16.7. The zero-order valence-corrected chi connectivity index (χ0v) is 14.5. The summed E-state index contributed by atoms with van der Waals surface area (Å²) in [7, 11) is -0.921. The predicted molar refractivity (Wildman–Crippen MR) is 97.2 cm³/mol. The fourth-order valence-corrected chi connectivity index (χ4v) is 3.50. The maximum Gasteiger partial charge on any atom is 0.353 e. The number of anilines is 1. The molecule has 128 valence electrons. The first kappa shape index (κ1) is 16.8. The fourth-order valence-electron chi connectivity index (χ4n) is 2.28. The summed E-state index contributed by atoms with van der Waals surface area (Å²) in [5, 5.41) is 0. The van der Waals surface area contributed by atoms with E-state index in [0.29, 0.717) is 11.3 Å². The second-order valence-electron chi connectivity index (χ2n) is 5.49. The third-order valence-electron chi connectivity index (χ3n) is 3.46. The van der Waals surface area contributed by atoms with Gasteiger partial charge in [0, 0.05) is 19.7 Å². The van der Waals surface area contributed by atoms with Crippen LogP contribution in [0.2, 0.25) is 0 Å². The molecule has 0 saturated carbocycles. The van der Waals surface area contributed by atoms with Crippen molar-refractivity contribution in [3.8, 4) is 0 Å². The van der Waals surface area contributed by atoms with Crippen LogP contribution in [0.4, 0.5) is 5.69 Å². The number of carbonyl (C=O) groups excluding carboxylic acids is 1. The number of hydrogen-bond donors (Lipinski definition) is 0. The third kappa shape index (κ3) is 3.29. The Morgan fingerprint density at radius 1 is 0.960 bits per heavy atom. The minimum atomic E-state index is -4.14. The molecule has 2 aromatic carbocycles. The Morgan fingerprint density at radius 2 is 1.52 bits per heavy atom. The van der Waals surface area contributed by atoms with Crippen molar-refractivity contribution in [1.29, 1.82) is 0 Å². The maximum absolute atomic E-state index is 12.9. The number of hydrogen-bond acceptors (Lipinski definition) is 5. The molecule has 0 spiro atoms. The summed E-state index contributed by atoms with van der Waals surface area (Å²) in [6.45, 7) is 0. The van der Waals surface area contributed by atoms with Gasteiger partial charge < -0.3 is 4.90 Å². The van der Waals surface area contributed by atoms with Gasteiger partial charge in [0.15, 0.2) is 0 Å². The molecule has 2 aromatic rings. The summed E-state index contributed by atoms with van der Waals surface area (Å²) in [5.41, 5.74) is 0.643. The van der Waals surface area contributed by atoms with Crippen molar-refractivity contribution < 1.29 is 13.2 Å². The van der Waals surface area contributed by atoms with Gasteiger partial charge in [-0.15, -0.1) is 4.40 Å². The van der Waals surface area contributed by atoms with Crippen LogP contribution in [-0.4, -0.2) is 45.0 Å². The lowest BCUT2D eigenvalue weighted by Crippen LogP contribution is -2.45. The zero-order chi connectivity index (χ0) is 18.0. The summed E-state index contributed by atoms with van der Waals surface area (Å²) in [6.07, 6.45) is 0. The molecule has 8 heteroatoms. The number of nitrogens with zero attached hydrogens (tertiary/aromatic N) is 4. The molecule has 25 heavy (non-hydrogen) atoms. The van der Waals surface area contributed by atoms with Gasteiger partial charge in [0.25, 0.3) is 0 Å². The molecule has 0 amide bonds. The number of ketones is 1. The Balaban J connectivity index is 2.18. The first-order valence-corrected chi connectivity index (χ1v) is 8.86. The Kier molecular flexibility index (Phi) is 4.37. The maximum atomic E-state index is 12.9. The fraction of sp³-hybridized carbons (Fsp3) is 0.118. The van der Waals surface area contributed by atoms with Crippen LogP contribution >= 0.6 is 0 Å². The highest BCUT2D eigenvalue weighted by molar-refractivity contribution is 7.92. The van der Waals surface area contributed by atoms with Crippen LogP contribution in [0.15, 0.2) is 70.1 Å². The van der Waals surface area contributed by atoms with E-state index in [9.17, 15) is 13.2 Å². The van der Waals surface area contributed by atoms with Crippen LogP contribution in [0.3, 0.4) is 0 Å². The van der Waals surface area contributed by atoms with Crippen molar-refractivity contribution in [2.24, 2.45) is 9.39 Å². The number of carbonyl (C=O) groups is 1. The predicted octanol–water partition coefficient (Wildman–Crippen LogP) is 1.95. The number of benzene rings is 2. The number of guanidine groups is 1. The Hall–Kier alpha value is -3.00. The average molecular weight is 356 g/mol. The molecule has 1 aliphatic rings. The lowest BCUT2D eigenvalue weighted by atomic mass is 10.1. The largest absolute Gasteiger partial charge is 0.353 e. The van der Waals surface area contributed by atoms with E-state index in [1.165, 1.54) is 4.90 Å². The summed E-state index contributed by atoms with van der Waals surface area (Å²) < 4.78 is 30.0. The van der Waals surface area contributed by atoms with Crippen LogP contribution in [0, 0.1) is 0 Å². The van der Waals surface area contributed by atoms with Crippen molar-refractivity contribution in [3.05, 3.63) is 66.2 Å². The highest BCUT2D eigenvalue weighted by Crippen LogP contribution is 2.24. The van der Waals surface area contributed by atoms with Gasteiger partial charge in [-0.2, -0.15) is 17.7 Å². The second-order valence-corrected chi connectivity index (χ2v) is 6.94. The summed E-state index contributed by atoms with van der Waals surface area (Å²) in [5.74, 6) is -0.759. The molecule has 0 bridgehead atoms. The zero-order valence-electron chi connectivity index (χ0n) is 13.7. The van der Waals surface area contributed by atoms with Gasteiger partial charge in [-0.25, -0.2) is 0 Å². The molecule has 0 saturated heterocycles. The van der Waals surface area contributed by atoms with E-state index in [4.69, 9.17) is 0 Å². The third-order valence-corrected chi connectivity index (χ3v) is 4.69. The van der Waals surface area contributed by atoms with Crippen molar-refractivity contribution in [2.45, 2.75) is 0 Å². The number of rotatable bonds is 3. The molecular formula is C17H16N4O3S. The van der Waals surface area contributed by atoms with Gasteiger partial charge in [-0.05, 0) is 12.1 Å². The highest BCUT2D eigenvalue weighted by Gasteiger charge is 2.36. The van der Waals surface area contributed by atoms with Gasteiger partial charge >= 0.3 is 10.2 Å². The van der Waals surface area contributed by atoms with E-state index < -0.39 is 16.0 Å². The molecule has 7 nitrogen and oxygen atoms in total. The number of amidine groups is 1. The molecule has 0 aromatic heterocycles. The monoisotopic (exact) mass is 356 g/mol. The highest BCUT2D eigenvalue weighted by atomic mass is 32.2. The Morgan fingerprint density at radius 3 is 2.08 bits per heavy atom. The lowest BCUT2D eigenvalue weighted by molar-refractivity contribution is 0.106. The Bertz CT molecular complexity index is 952. The average Bonchev–Trinajstić information content (AvgIpc) is 2.61. The van der Waals surface area contributed by atoms with Crippen LogP contribution in [0.1, 0.15) is 10.4 Å². The molecule has 0 radical (unpaired) electrons. The minimum Gasteiger partial charge on any atom is -0.346 e. The summed E-state index contributed by atoms with van der Waals surface area (Å²) >= 11 is 0. The van der Waals surface area contributed by atoms with E-state index in [1.54, 1.807) is 74.8 Å². The molecular weight excluding hydrogens is 340 g/mol.